The summed E-state index contributed by atoms with van der Waals surface area (Å²) in [4.78, 5) is 30.4. The molecule has 0 radical (unpaired) electrons. The summed E-state index contributed by atoms with van der Waals surface area (Å²) in [6.07, 6.45) is 3.61. The second-order valence-corrected chi connectivity index (χ2v) is 7.45. The summed E-state index contributed by atoms with van der Waals surface area (Å²) in [5.74, 6) is -0.345. The molecule has 1 aromatic heterocycles. The van der Waals surface area contributed by atoms with Crippen LogP contribution >= 0.6 is 35.3 Å². The van der Waals surface area contributed by atoms with E-state index in [1.807, 2.05) is 36.4 Å². The zero-order valence-corrected chi connectivity index (χ0v) is 14.9. The molecule has 0 bridgehead atoms. The van der Waals surface area contributed by atoms with Gasteiger partial charge in [0.1, 0.15) is 4.32 Å². The number of aromatic nitrogens is 1. The maximum absolute atomic E-state index is 12.5. The Morgan fingerprint density at radius 1 is 1.33 bits per heavy atom. The highest BCUT2D eigenvalue weighted by Gasteiger charge is 2.32. The molecule has 0 spiro atoms. The molecule has 0 atom stereocenters. The van der Waals surface area contributed by atoms with Crippen molar-refractivity contribution in [2.45, 2.75) is 6.42 Å². The minimum atomic E-state index is -0.189. The number of anilines is 1. The van der Waals surface area contributed by atoms with E-state index in [2.05, 4.69) is 10.3 Å². The highest BCUT2D eigenvalue weighted by atomic mass is 32.2. The van der Waals surface area contributed by atoms with Crippen molar-refractivity contribution in [1.82, 2.24) is 9.88 Å². The van der Waals surface area contributed by atoms with E-state index in [1.165, 1.54) is 28.0 Å². The molecule has 2 amide bonds. The lowest BCUT2D eigenvalue weighted by Gasteiger charge is -2.13. The summed E-state index contributed by atoms with van der Waals surface area (Å²) in [7, 11) is 0. The van der Waals surface area contributed by atoms with Crippen molar-refractivity contribution in [3.05, 3.63) is 52.4 Å². The number of carbonyl (C=O) groups is 2. The first-order valence-electron chi connectivity index (χ1n) is 7.13. The Bertz CT molecular complexity index is 788. The fourth-order valence-corrected chi connectivity index (χ4v) is 3.93. The molecule has 1 fully saturated rings. The topological polar surface area (TPSA) is 62.3 Å². The van der Waals surface area contributed by atoms with E-state index < -0.39 is 0 Å². The number of thiazole rings is 1. The van der Waals surface area contributed by atoms with Gasteiger partial charge in [0, 0.05) is 24.5 Å². The van der Waals surface area contributed by atoms with E-state index in [0.29, 0.717) is 14.4 Å². The Kier molecular flexibility index (Phi) is 5.39. The molecule has 0 unspecified atom stereocenters. The summed E-state index contributed by atoms with van der Waals surface area (Å²) < 4.78 is 0.476. The van der Waals surface area contributed by atoms with Crippen LogP contribution in [0.2, 0.25) is 0 Å². The molecule has 2 heterocycles. The van der Waals surface area contributed by atoms with Crippen LogP contribution in [0.25, 0.3) is 6.08 Å². The van der Waals surface area contributed by atoms with Crippen molar-refractivity contribution in [3.63, 3.8) is 0 Å². The van der Waals surface area contributed by atoms with Crippen LogP contribution in [0, 0.1) is 0 Å². The van der Waals surface area contributed by atoms with Gasteiger partial charge in [-0.2, -0.15) is 0 Å². The summed E-state index contributed by atoms with van der Waals surface area (Å²) >= 11 is 7.87. The van der Waals surface area contributed by atoms with Crippen molar-refractivity contribution in [2.24, 2.45) is 0 Å². The van der Waals surface area contributed by atoms with E-state index in [9.17, 15) is 9.59 Å². The molecule has 1 aliphatic heterocycles. The molecule has 5 nitrogen and oxygen atoms in total. The molecule has 1 N–H and O–H groups in total. The fourth-order valence-electron chi connectivity index (χ4n) is 2.07. The molecule has 1 aliphatic rings. The highest BCUT2D eigenvalue weighted by Crippen LogP contribution is 2.32. The van der Waals surface area contributed by atoms with E-state index in [4.69, 9.17) is 12.2 Å². The van der Waals surface area contributed by atoms with Gasteiger partial charge in [0.2, 0.25) is 5.91 Å². The number of benzene rings is 1. The third-order valence-corrected chi connectivity index (χ3v) is 5.28. The smallest absolute Gasteiger partial charge is 0.266 e. The van der Waals surface area contributed by atoms with Gasteiger partial charge >= 0.3 is 0 Å². The van der Waals surface area contributed by atoms with Crippen LogP contribution in [-0.2, 0) is 9.59 Å². The predicted octanol–water partition coefficient (Wildman–Crippen LogP) is 3.37. The van der Waals surface area contributed by atoms with Crippen molar-refractivity contribution in [3.8, 4) is 0 Å². The van der Waals surface area contributed by atoms with Gasteiger partial charge in [-0.05, 0) is 11.6 Å². The second-order valence-electron chi connectivity index (χ2n) is 4.88. The summed E-state index contributed by atoms with van der Waals surface area (Å²) in [5.41, 5.74) is 0.944. The van der Waals surface area contributed by atoms with Gasteiger partial charge in [-0.1, -0.05) is 54.3 Å². The Labute approximate surface area is 152 Å². The molecule has 0 aliphatic carbocycles. The lowest BCUT2D eigenvalue weighted by atomic mass is 10.2. The molecule has 3 rings (SSSR count). The Morgan fingerprint density at radius 3 is 2.83 bits per heavy atom. The number of nitrogens with one attached hydrogen (secondary N) is 1. The monoisotopic (exact) mass is 375 g/mol. The van der Waals surface area contributed by atoms with Gasteiger partial charge in [-0.25, -0.2) is 4.98 Å². The minimum absolute atomic E-state index is 0.157. The van der Waals surface area contributed by atoms with Gasteiger partial charge in [0.25, 0.3) is 5.91 Å². The maximum Gasteiger partial charge on any atom is 0.266 e. The molecule has 122 valence electrons. The third-order valence-electron chi connectivity index (χ3n) is 3.21. The number of hydrogen-bond donors (Lipinski definition) is 1. The molecule has 0 saturated carbocycles. The number of amides is 2. The molecule has 24 heavy (non-hydrogen) atoms. The first-order chi connectivity index (χ1) is 11.6. The summed E-state index contributed by atoms with van der Waals surface area (Å²) in [6.45, 7) is 0.258. The number of carbonyl (C=O) groups excluding carboxylic acids is 2. The zero-order chi connectivity index (χ0) is 16.9. The Morgan fingerprint density at radius 2 is 2.12 bits per heavy atom. The van der Waals surface area contributed by atoms with Crippen molar-refractivity contribution in [2.75, 3.05) is 11.9 Å². The van der Waals surface area contributed by atoms with Gasteiger partial charge in [-0.15, -0.1) is 11.3 Å². The molecule has 1 aromatic carbocycles. The van der Waals surface area contributed by atoms with Crippen LogP contribution in [-0.4, -0.2) is 32.6 Å². The Balaban J connectivity index is 1.60. The number of rotatable bonds is 5. The van der Waals surface area contributed by atoms with E-state index >= 15 is 0 Å². The molecule has 1 saturated heterocycles. The number of thiocarbonyl (C=S) groups is 1. The normalized spacial score (nSPS) is 16.0. The lowest BCUT2D eigenvalue weighted by molar-refractivity contribution is -0.122. The molecule has 2 aromatic rings. The van der Waals surface area contributed by atoms with Gasteiger partial charge < -0.3 is 5.32 Å². The third kappa shape index (κ3) is 4.08. The fraction of sp³-hybridized carbons (Fsp3) is 0.125. The van der Waals surface area contributed by atoms with Crippen LogP contribution < -0.4 is 5.32 Å². The van der Waals surface area contributed by atoms with Crippen molar-refractivity contribution < 1.29 is 9.59 Å². The largest absolute Gasteiger partial charge is 0.302 e. The highest BCUT2D eigenvalue weighted by molar-refractivity contribution is 8.26. The zero-order valence-electron chi connectivity index (χ0n) is 12.5. The van der Waals surface area contributed by atoms with Crippen LogP contribution in [0.3, 0.4) is 0 Å². The van der Waals surface area contributed by atoms with Crippen LogP contribution in [0.1, 0.15) is 12.0 Å². The van der Waals surface area contributed by atoms with Gasteiger partial charge in [-0.3, -0.25) is 14.5 Å². The lowest BCUT2D eigenvalue weighted by Crippen LogP contribution is -2.31. The average Bonchev–Trinajstić information content (AvgIpc) is 3.16. The average molecular weight is 376 g/mol. The first-order valence-corrected chi connectivity index (χ1v) is 9.24. The van der Waals surface area contributed by atoms with E-state index in [0.717, 1.165) is 5.56 Å². The van der Waals surface area contributed by atoms with Crippen LogP contribution in [0.5, 0.6) is 0 Å². The standard InChI is InChI=1S/C16H13N3O2S3/c20-13(18-15-17-7-9-23-15)6-8-19-14(21)12(24-16(19)22)10-11-4-2-1-3-5-11/h1-5,7,9-10H,6,8H2,(H,17,18,20). The second kappa shape index (κ2) is 7.69. The van der Waals surface area contributed by atoms with Crippen LogP contribution in [0.15, 0.2) is 46.8 Å². The number of nitrogens with zero attached hydrogens (tertiary/aromatic N) is 2. The molecular weight excluding hydrogens is 362 g/mol. The van der Waals surface area contributed by atoms with Crippen molar-refractivity contribution >= 4 is 62.7 Å². The van der Waals surface area contributed by atoms with Gasteiger partial charge in [0.05, 0.1) is 4.91 Å². The quantitative estimate of drug-likeness (QED) is 0.641. The van der Waals surface area contributed by atoms with E-state index in [-0.39, 0.29) is 24.8 Å². The number of hydrogen-bond acceptors (Lipinski definition) is 6. The number of thioether (sulfide) groups is 1. The van der Waals surface area contributed by atoms with Crippen LogP contribution in [0.4, 0.5) is 5.13 Å². The van der Waals surface area contributed by atoms with Gasteiger partial charge in [0.15, 0.2) is 5.13 Å². The minimum Gasteiger partial charge on any atom is -0.302 e. The summed E-state index contributed by atoms with van der Waals surface area (Å²) in [5, 5.41) is 5.03. The predicted molar refractivity (Wildman–Crippen MR) is 102 cm³/mol. The molecule has 8 heteroatoms. The van der Waals surface area contributed by atoms with Crippen molar-refractivity contribution in [1.29, 1.82) is 0 Å². The summed E-state index contributed by atoms with van der Waals surface area (Å²) in [6, 6.07) is 9.59. The molecular formula is C16H13N3O2S3. The van der Waals surface area contributed by atoms with E-state index in [1.54, 1.807) is 11.6 Å². The Hall–Kier alpha value is -2.03. The maximum atomic E-state index is 12.5. The first kappa shape index (κ1) is 16.8. The SMILES string of the molecule is O=C(CCN1C(=O)C(=Cc2ccccc2)SC1=S)Nc1nccs1.